The van der Waals surface area contributed by atoms with E-state index in [0.29, 0.717) is 34.3 Å². The number of rotatable bonds is 8. The Bertz CT molecular complexity index is 1770. The predicted octanol–water partition coefficient (Wildman–Crippen LogP) is 8.77. The minimum absolute atomic E-state index is 0.257. The summed E-state index contributed by atoms with van der Waals surface area (Å²) in [5.74, 6) is 1.76. The highest BCUT2D eigenvalue weighted by molar-refractivity contribution is 9.10. The minimum atomic E-state index is -0.608. The lowest BCUT2D eigenvalue weighted by Gasteiger charge is -2.28. The summed E-state index contributed by atoms with van der Waals surface area (Å²) in [4.78, 5) is 0. The summed E-state index contributed by atoms with van der Waals surface area (Å²) in [6.07, 6.45) is 0. The monoisotopic (exact) mass is 688 g/mol. The lowest BCUT2D eigenvalue weighted by molar-refractivity contribution is 0.393. The molecule has 0 fully saturated rings. The maximum Gasteiger partial charge on any atom is 0.170 e. The summed E-state index contributed by atoms with van der Waals surface area (Å²) >= 11 is 7.35. The maximum atomic E-state index is 11.9. The van der Waals surface area contributed by atoms with Gasteiger partial charge in [0.1, 0.15) is 11.5 Å². The van der Waals surface area contributed by atoms with Crippen LogP contribution in [0.5, 0.6) is 11.5 Å². The Hall–Kier alpha value is -4.28. The molecule has 6 aromatic rings. The van der Waals surface area contributed by atoms with Crippen molar-refractivity contribution in [3.05, 3.63) is 128 Å². The number of anilines is 2. The van der Waals surface area contributed by atoms with E-state index < -0.39 is 12.1 Å². The van der Waals surface area contributed by atoms with E-state index in [1.165, 1.54) is 0 Å². The zero-order valence-electron chi connectivity index (χ0n) is 22.6. The van der Waals surface area contributed by atoms with E-state index in [0.717, 1.165) is 30.8 Å². The highest BCUT2D eigenvalue weighted by Gasteiger charge is 2.31. The third-order valence-corrected chi connectivity index (χ3v) is 8.54. The molecule has 0 saturated heterocycles. The van der Waals surface area contributed by atoms with Crippen molar-refractivity contribution in [2.75, 3.05) is 10.6 Å². The second kappa shape index (κ2) is 11.5. The van der Waals surface area contributed by atoms with Crippen LogP contribution in [0.1, 0.15) is 45.9 Å². The summed E-state index contributed by atoms with van der Waals surface area (Å²) in [5, 5.41) is 40.4. The molecule has 0 amide bonds. The topological polar surface area (TPSA) is 117 Å². The van der Waals surface area contributed by atoms with Crippen LogP contribution in [0.15, 0.2) is 103 Å². The molecular weight excluding hydrogens is 664 g/mol. The fraction of sp³-hybridized carbons (Fsp3) is 0.125. The Kier molecular flexibility index (Phi) is 7.66. The summed E-state index contributed by atoms with van der Waals surface area (Å²) < 4.78 is 12.3. The number of fused-ring (bicyclic) bond motifs is 1. The number of aryl methyl sites for hydroxylation is 2. The maximum absolute atomic E-state index is 11.9. The highest BCUT2D eigenvalue weighted by atomic mass is 79.9. The molecule has 4 N–H and O–H groups in total. The Morgan fingerprint density at radius 1 is 0.619 bits per heavy atom. The Morgan fingerprint density at radius 2 is 1.00 bits per heavy atom. The van der Waals surface area contributed by atoms with Crippen molar-refractivity contribution in [3.8, 4) is 11.5 Å². The van der Waals surface area contributed by atoms with Crippen LogP contribution in [0, 0.1) is 13.8 Å². The van der Waals surface area contributed by atoms with Gasteiger partial charge in [0.25, 0.3) is 0 Å². The number of phenolic OH excluding ortho intramolecular Hbond substituents is 2. The first-order valence-electron chi connectivity index (χ1n) is 13.2. The zero-order valence-corrected chi connectivity index (χ0v) is 25.8. The van der Waals surface area contributed by atoms with E-state index in [2.05, 4.69) is 52.8 Å². The SMILES string of the molecule is Cc1cc(N[C@H](c2ccccc2Br)c2c(O)c(O)c([C@H](Nc3cc(C)on3)c3ccccc3Br)c3ccccc23)no1. The third-order valence-electron chi connectivity index (χ3n) is 7.09. The van der Waals surface area contributed by atoms with Crippen molar-refractivity contribution >= 4 is 54.3 Å². The minimum Gasteiger partial charge on any atom is -0.504 e. The van der Waals surface area contributed by atoms with Crippen LogP contribution in [-0.4, -0.2) is 20.5 Å². The zero-order chi connectivity index (χ0) is 29.4. The van der Waals surface area contributed by atoms with Crippen LogP contribution in [0.25, 0.3) is 10.8 Å². The van der Waals surface area contributed by atoms with Crippen LogP contribution < -0.4 is 10.6 Å². The van der Waals surface area contributed by atoms with Gasteiger partial charge in [-0.3, -0.25) is 0 Å². The second-order valence-electron chi connectivity index (χ2n) is 9.91. The first-order valence-corrected chi connectivity index (χ1v) is 14.8. The van der Waals surface area contributed by atoms with Crippen molar-refractivity contribution < 1.29 is 19.3 Å². The number of nitrogens with one attached hydrogen (secondary N) is 2. The van der Waals surface area contributed by atoms with Crippen LogP contribution in [0.2, 0.25) is 0 Å². The van der Waals surface area contributed by atoms with Crippen molar-refractivity contribution in [1.82, 2.24) is 10.3 Å². The second-order valence-corrected chi connectivity index (χ2v) is 11.6. The number of hydrogen-bond donors (Lipinski definition) is 4. The molecule has 0 radical (unpaired) electrons. The van der Waals surface area contributed by atoms with E-state index in [1.807, 2.05) is 86.6 Å². The number of benzene rings is 4. The number of aromatic hydroxyl groups is 2. The van der Waals surface area contributed by atoms with Crippen LogP contribution >= 0.6 is 31.9 Å². The lowest BCUT2D eigenvalue weighted by Crippen LogP contribution is -2.17. The van der Waals surface area contributed by atoms with E-state index in [4.69, 9.17) is 9.05 Å². The lowest BCUT2D eigenvalue weighted by atomic mass is 9.86. The molecule has 6 rings (SSSR count). The first-order chi connectivity index (χ1) is 20.3. The standard InChI is InChI=1S/C32H26Br2N4O4/c1-17-15-25(37-41-17)35-29(21-11-5-7-13-23(21)33)27-19-9-3-4-10-20(19)28(32(40)31(27)39)30(22-12-6-8-14-24(22)34)36-26-16-18(2)42-38-26/h3-16,29-30,39-40H,1-2H3,(H,35,37)(H,36,38)/t29-,30-/m1/s1. The molecule has 0 spiro atoms. The Morgan fingerprint density at radius 3 is 1.36 bits per heavy atom. The summed E-state index contributed by atoms with van der Waals surface area (Å²) in [7, 11) is 0. The average Bonchev–Trinajstić information content (AvgIpc) is 3.59. The van der Waals surface area contributed by atoms with Crippen molar-refractivity contribution in [3.63, 3.8) is 0 Å². The highest BCUT2D eigenvalue weighted by Crippen LogP contribution is 2.50. The van der Waals surface area contributed by atoms with Gasteiger partial charge in [-0.2, -0.15) is 0 Å². The molecule has 0 unspecified atom stereocenters. The smallest absolute Gasteiger partial charge is 0.170 e. The summed E-state index contributed by atoms with van der Waals surface area (Å²) in [5.41, 5.74) is 2.65. The van der Waals surface area contributed by atoms with Gasteiger partial charge in [-0.05, 0) is 47.9 Å². The fourth-order valence-corrected chi connectivity index (χ4v) is 6.27. The van der Waals surface area contributed by atoms with E-state index >= 15 is 0 Å². The van der Waals surface area contributed by atoms with Gasteiger partial charge < -0.3 is 29.9 Å². The Balaban J connectivity index is 1.61. The van der Waals surface area contributed by atoms with Crippen LogP contribution in [-0.2, 0) is 0 Å². The molecule has 0 saturated carbocycles. The number of aromatic nitrogens is 2. The van der Waals surface area contributed by atoms with E-state index in [-0.39, 0.29) is 11.5 Å². The predicted molar refractivity (Wildman–Crippen MR) is 169 cm³/mol. The molecule has 0 aliphatic heterocycles. The first kappa shape index (κ1) is 27.9. The van der Waals surface area contributed by atoms with Crippen molar-refractivity contribution in [2.24, 2.45) is 0 Å². The molecule has 4 aromatic carbocycles. The molecule has 0 bridgehead atoms. The summed E-state index contributed by atoms with van der Waals surface area (Å²) in [6.45, 7) is 3.62. The van der Waals surface area contributed by atoms with E-state index in [1.54, 1.807) is 12.1 Å². The third kappa shape index (κ3) is 5.23. The Labute approximate surface area is 258 Å². The van der Waals surface area contributed by atoms with Crippen molar-refractivity contribution in [1.29, 1.82) is 0 Å². The average molecular weight is 690 g/mol. The van der Waals surface area contributed by atoms with Gasteiger partial charge >= 0.3 is 0 Å². The van der Waals surface area contributed by atoms with Gasteiger partial charge in [-0.1, -0.05) is 103 Å². The van der Waals surface area contributed by atoms with Gasteiger partial charge in [0, 0.05) is 32.2 Å². The van der Waals surface area contributed by atoms with Crippen LogP contribution in [0.4, 0.5) is 11.6 Å². The molecule has 2 atom stereocenters. The number of nitrogens with zero attached hydrogens (tertiary/aromatic N) is 2. The molecule has 2 heterocycles. The molecule has 42 heavy (non-hydrogen) atoms. The van der Waals surface area contributed by atoms with Crippen LogP contribution in [0.3, 0.4) is 0 Å². The molecule has 10 heteroatoms. The normalized spacial score (nSPS) is 12.8. The molecule has 0 aliphatic carbocycles. The van der Waals surface area contributed by atoms with Gasteiger partial charge in [0.15, 0.2) is 23.1 Å². The summed E-state index contributed by atoms with van der Waals surface area (Å²) in [6, 6.07) is 25.5. The molecular formula is C32H26Br2N4O4. The molecule has 212 valence electrons. The van der Waals surface area contributed by atoms with Crippen molar-refractivity contribution in [2.45, 2.75) is 25.9 Å². The van der Waals surface area contributed by atoms with Gasteiger partial charge in [0.05, 0.1) is 12.1 Å². The molecule has 0 aliphatic rings. The number of phenols is 2. The largest absolute Gasteiger partial charge is 0.504 e. The number of halogens is 2. The number of hydrogen-bond acceptors (Lipinski definition) is 8. The van der Waals surface area contributed by atoms with Gasteiger partial charge in [0.2, 0.25) is 0 Å². The quantitative estimate of drug-likeness (QED) is 0.117. The van der Waals surface area contributed by atoms with Gasteiger partial charge in [-0.15, -0.1) is 0 Å². The van der Waals surface area contributed by atoms with E-state index in [9.17, 15) is 10.2 Å². The molecule has 2 aromatic heterocycles. The molecule has 8 nitrogen and oxygen atoms in total. The fourth-order valence-electron chi connectivity index (χ4n) is 5.24. The van der Waals surface area contributed by atoms with Gasteiger partial charge in [-0.25, -0.2) is 0 Å².